The zero-order valence-electron chi connectivity index (χ0n) is 13.9. The smallest absolute Gasteiger partial charge is 0.276 e. The van der Waals surface area contributed by atoms with E-state index in [4.69, 9.17) is 32.7 Å². The summed E-state index contributed by atoms with van der Waals surface area (Å²) in [6, 6.07) is 13.4. The summed E-state index contributed by atoms with van der Waals surface area (Å²) in [6.45, 7) is 0. The summed E-state index contributed by atoms with van der Waals surface area (Å²) in [5.41, 5.74) is 0.0783. The fraction of sp³-hybridized carbons (Fsp3) is 0. The summed E-state index contributed by atoms with van der Waals surface area (Å²) in [5, 5.41) is 14.9. The fourth-order valence-electron chi connectivity index (χ4n) is 2.69. The summed E-state index contributed by atoms with van der Waals surface area (Å²) in [5.74, 6) is 0.0775. The number of nitro groups is 1. The second kappa shape index (κ2) is 7.03. The van der Waals surface area contributed by atoms with E-state index in [1.54, 1.807) is 36.4 Å². The predicted molar refractivity (Wildman–Crippen MR) is 104 cm³/mol. The molecule has 3 aromatic rings. The highest BCUT2D eigenvalue weighted by molar-refractivity contribution is 6.31. The van der Waals surface area contributed by atoms with Crippen LogP contribution in [0.3, 0.4) is 0 Å². The van der Waals surface area contributed by atoms with E-state index in [1.165, 1.54) is 18.2 Å². The Kier molecular flexibility index (Phi) is 4.54. The van der Waals surface area contributed by atoms with E-state index in [1.807, 2.05) is 0 Å². The van der Waals surface area contributed by atoms with Gasteiger partial charge >= 0.3 is 0 Å². The molecule has 0 atom stereocenters. The number of hydrogen-bond acceptors (Lipinski definition) is 5. The Labute approximate surface area is 168 Å². The third-order valence-electron chi connectivity index (χ3n) is 3.94. The SMILES string of the molecule is O=C1Nc2cc(Cl)ccc2Oc2cc([N+](=O)[O-])cc(Oc3ccc(Cl)cc3)c21. The fourth-order valence-corrected chi connectivity index (χ4v) is 2.99. The lowest BCUT2D eigenvalue weighted by Gasteiger charge is -2.12. The molecule has 3 aromatic carbocycles. The van der Waals surface area contributed by atoms with Crippen molar-refractivity contribution in [3.8, 4) is 23.0 Å². The van der Waals surface area contributed by atoms with Crippen LogP contribution in [0.1, 0.15) is 10.4 Å². The molecular formula is C19H10Cl2N2O5. The van der Waals surface area contributed by atoms with E-state index in [-0.39, 0.29) is 22.7 Å². The first-order chi connectivity index (χ1) is 13.4. The molecule has 0 bridgehead atoms. The van der Waals surface area contributed by atoms with Gasteiger partial charge in [0.1, 0.15) is 11.3 Å². The van der Waals surface area contributed by atoms with Crippen LogP contribution in [-0.4, -0.2) is 10.8 Å². The largest absolute Gasteiger partial charge is 0.456 e. The van der Waals surface area contributed by atoms with Crippen molar-refractivity contribution in [3.63, 3.8) is 0 Å². The molecule has 9 heteroatoms. The quantitative estimate of drug-likeness (QED) is 0.414. The molecule has 140 valence electrons. The number of nitrogens with one attached hydrogen (secondary N) is 1. The lowest BCUT2D eigenvalue weighted by molar-refractivity contribution is -0.385. The summed E-state index contributed by atoms with van der Waals surface area (Å²) in [6.07, 6.45) is 0. The lowest BCUT2D eigenvalue weighted by Crippen LogP contribution is -2.12. The number of carbonyl (C=O) groups excluding carboxylic acids is 1. The van der Waals surface area contributed by atoms with Gasteiger partial charge in [-0.3, -0.25) is 14.9 Å². The maximum absolute atomic E-state index is 12.8. The number of ether oxygens (including phenoxy) is 2. The molecule has 1 heterocycles. The number of carbonyl (C=O) groups is 1. The Balaban J connectivity index is 1.85. The Morgan fingerprint density at radius 3 is 2.39 bits per heavy atom. The van der Waals surface area contributed by atoms with Crippen molar-refractivity contribution in [1.82, 2.24) is 0 Å². The van der Waals surface area contributed by atoms with Crippen molar-refractivity contribution in [2.45, 2.75) is 0 Å². The van der Waals surface area contributed by atoms with Crippen LogP contribution >= 0.6 is 23.2 Å². The number of nitrogens with zero attached hydrogens (tertiary/aromatic N) is 1. The number of amides is 1. The topological polar surface area (TPSA) is 90.7 Å². The van der Waals surface area contributed by atoms with Gasteiger partial charge in [0, 0.05) is 10.0 Å². The number of benzene rings is 3. The normalized spacial score (nSPS) is 12.1. The minimum atomic E-state index is -0.593. The first-order valence-electron chi connectivity index (χ1n) is 7.95. The Morgan fingerprint density at radius 2 is 1.68 bits per heavy atom. The van der Waals surface area contributed by atoms with Crippen molar-refractivity contribution < 1.29 is 19.2 Å². The van der Waals surface area contributed by atoms with Gasteiger partial charge in [0.15, 0.2) is 17.2 Å². The minimum absolute atomic E-state index is 0.00302. The van der Waals surface area contributed by atoms with Crippen LogP contribution in [0.15, 0.2) is 54.6 Å². The molecule has 0 saturated heterocycles. The molecule has 0 spiro atoms. The lowest BCUT2D eigenvalue weighted by atomic mass is 10.1. The van der Waals surface area contributed by atoms with E-state index >= 15 is 0 Å². The molecule has 1 aliphatic rings. The Morgan fingerprint density at radius 1 is 0.964 bits per heavy atom. The highest BCUT2D eigenvalue weighted by Gasteiger charge is 2.29. The van der Waals surface area contributed by atoms with Gasteiger partial charge in [-0.1, -0.05) is 23.2 Å². The van der Waals surface area contributed by atoms with Gasteiger partial charge in [-0.15, -0.1) is 0 Å². The van der Waals surface area contributed by atoms with Crippen molar-refractivity contribution >= 4 is 40.5 Å². The highest BCUT2D eigenvalue weighted by atomic mass is 35.5. The first-order valence-corrected chi connectivity index (χ1v) is 8.71. The predicted octanol–water partition coefficient (Wildman–Crippen LogP) is 6.05. The number of rotatable bonds is 3. The molecule has 0 fully saturated rings. The third kappa shape index (κ3) is 3.45. The monoisotopic (exact) mass is 416 g/mol. The second-order valence-corrected chi connectivity index (χ2v) is 6.70. The molecule has 0 aliphatic carbocycles. The van der Waals surface area contributed by atoms with Crippen LogP contribution in [0.2, 0.25) is 10.0 Å². The molecule has 0 aromatic heterocycles. The number of nitro benzene ring substituents is 1. The zero-order chi connectivity index (χ0) is 19.8. The van der Waals surface area contributed by atoms with E-state index in [2.05, 4.69) is 5.32 Å². The van der Waals surface area contributed by atoms with Gasteiger partial charge in [-0.2, -0.15) is 0 Å². The molecule has 1 N–H and O–H groups in total. The molecule has 4 rings (SSSR count). The first kappa shape index (κ1) is 18.1. The summed E-state index contributed by atoms with van der Waals surface area (Å²) in [4.78, 5) is 23.6. The van der Waals surface area contributed by atoms with Crippen LogP contribution in [0.4, 0.5) is 11.4 Å². The average molecular weight is 417 g/mol. The van der Waals surface area contributed by atoms with Crippen LogP contribution in [-0.2, 0) is 0 Å². The maximum Gasteiger partial charge on any atom is 0.276 e. The van der Waals surface area contributed by atoms with Crippen LogP contribution in [0, 0.1) is 10.1 Å². The van der Waals surface area contributed by atoms with Gasteiger partial charge in [0.05, 0.1) is 22.7 Å². The van der Waals surface area contributed by atoms with Crippen LogP contribution in [0.25, 0.3) is 0 Å². The number of anilines is 1. The molecule has 0 saturated carbocycles. The Bertz CT molecular complexity index is 1120. The second-order valence-electron chi connectivity index (χ2n) is 5.83. The molecule has 1 aliphatic heterocycles. The molecule has 7 nitrogen and oxygen atoms in total. The summed E-state index contributed by atoms with van der Waals surface area (Å²) in [7, 11) is 0. The molecule has 0 unspecified atom stereocenters. The average Bonchev–Trinajstić information content (AvgIpc) is 2.79. The van der Waals surface area contributed by atoms with Gasteiger partial charge in [0.2, 0.25) is 0 Å². The molecule has 28 heavy (non-hydrogen) atoms. The third-order valence-corrected chi connectivity index (χ3v) is 4.43. The minimum Gasteiger partial charge on any atom is -0.456 e. The number of non-ortho nitro benzene ring substituents is 1. The summed E-state index contributed by atoms with van der Waals surface area (Å²) >= 11 is 11.8. The molecule has 0 radical (unpaired) electrons. The standard InChI is InChI=1S/C19H10Cl2N2O5/c20-10-1-4-13(5-2-10)27-16-8-12(23(25)26)9-17-18(16)19(24)22-14-7-11(21)3-6-15(14)28-17/h1-9H,(H,22,24). The number of halogens is 2. The maximum atomic E-state index is 12.8. The van der Waals surface area contributed by atoms with Gasteiger partial charge in [-0.05, 0) is 42.5 Å². The van der Waals surface area contributed by atoms with E-state index < -0.39 is 10.8 Å². The number of fused-ring (bicyclic) bond motifs is 2. The van der Waals surface area contributed by atoms with E-state index in [9.17, 15) is 14.9 Å². The van der Waals surface area contributed by atoms with Gasteiger partial charge in [-0.25, -0.2) is 0 Å². The van der Waals surface area contributed by atoms with Crippen molar-refractivity contribution in [3.05, 3.63) is 80.3 Å². The summed E-state index contributed by atoms with van der Waals surface area (Å²) < 4.78 is 11.5. The Hall–Kier alpha value is -3.29. The van der Waals surface area contributed by atoms with Crippen LogP contribution < -0.4 is 14.8 Å². The van der Waals surface area contributed by atoms with Crippen molar-refractivity contribution in [2.24, 2.45) is 0 Å². The van der Waals surface area contributed by atoms with Gasteiger partial charge < -0.3 is 14.8 Å². The number of hydrogen-bond donors (Lipinski definition) is 1. The van der Waals surface area contributed by atoms with Gasteiger partial charge in [0.25, 0.3) is 11.6 Å². The highest BCUT2D eigenvalue weighted by Crippen LogP contribution is 2.43. The molecule has 1 amide bonds. The van der Waals surface area contributed by atoms with Crippen molar-refractivity contribution in [2.75, 3.05) is 5.32 Å². The van der Waals surface area contributed by atoms with E-state index in [0.717, 1.165) is 0 Å². The van der Waals surface area contributed by atoms with Crippen LogP contribution in [0.5, 0.6) is 23.0 Å². The van der Waals surface area contributed by atoms with E-state index in [0.29, 0.717) is 27.2 Å². The molecular weight excluding hydrogens is 407 g/mol. The van der Waals surface area contributed by atoms with Crippen molar-refractivity contribution in [1.29, 1.82) is 0 Å². The zero-order valence-corrected chi connectivity index (χ0v) is 15.5.